The molecule has 0 amide bonds. The van der Waals surface area contributed by atoms with E-state index in [1.54, 1.807) is 6.33 Å². The summed E-state index contributed by atoms with van der Waals surface area (Å²) in [7, 11) is 0. The maximum atomic E-state index is 6.27. The lowest BCUT2D eigenvalue weighted by atomic mass is 9.98. The van der Waals surface area contributed by atoms with E-state index in [0.717, 1.165) is 49.7 Å². The number of hydrogen-bond donors (Lipinski definition) is 0. The number of aryl methyl sites for hydroxylation is 1. The van der Waals surface area contributed by atoms with Crippen LogP contribution in [0.3, 0.4) is 0 Å². The van der Waals surface area contributed by atoms with Crippen LogP contribution in [-0.4, -0.2) is 9.97 Å². The quantitative estimate of drug-likeness (QED) is 0.317. The molecule has 4 aromatic carbocycles. The van der Waals surface area contributed by atoms with Crippen LogP contribution in [0.4, 0.5) is 0 Å². The van der Waals surface area contributed by atoms with Crippen molar-refractivity contribution in [2.75, 3.05) is 0 Å². The summed E-state index contributed by atoms with van der Waals surface area (Å²) >= 11 is 0. The van der Waals surface area contributed by atoms with Crippen molar-refractivity contribution in [2.45, 2.75) is 6.92 Å². The number of nitrogens with zero attached hydrogens (tertiary/aromatic N) is 2. The summed E-state index contributed by atoms with van der Waals surface area (Å²) in [5, 5.41) is 3.26. The molecule has 3 heteroatoms. The molecule has 2 heterocycles. The highest BCUT2D eigenvalue weighted by Gasteiger charge is 2.16. The first-order valence-corrected chi connectivity index (χ1v) is 10.0. The highest BCUT2D eigenvalue weighted by molar-refractivity contribution is 6.11. The first kappa shape index (κ1) is 16.9. The lowest BCUT2D eigenvalue weighted by Gasteiger charge is -2.09. The monoisotopic (exact) mass is 386 g/mol. The molecule has 2 aromatic heterocycles. The molecule has 6 rings (SSSR count). The van der Waals surface area contributed by atoms with Gasteiger partial charge in [0.05, 0.1) is 11.2 Å². The van der Waals surface area contributed by atoms with Gasteiger partial charge in [0, 0.05) is 21.7 Å². The molecule has 0 spiro atoms. The van der Waals surface area contributed by atoms with Crippen molar-refractivity contribution in [3.63, 3.8) is 0 Å². The number of hydrogen-bond acceptors (Lipinski definition) is 3. The van der Waals surface area contributed by atoms with Gasteiger partial charge in [-0.15, -0.1) is 0 Å². The zero-order valence-corrected chi connectivity index (χ0v) is 16.5. The van der Waals surface area contributed by atoms with Crippen molar-refractivity contribution in [2.24, 2.45) is 0 Å². The summed E-state index contributed by atoms with van der Waals surface area (Å²) in [5.74, 6) is 0. The van der Waals surface area contributed by atoms with Crippen LogP contribution in [0.2, 0.25) is 0 Å². The Balaban J connectivity index is 1.62. The second-order valence-corrected chi connectivity index (χ2v) is 7.61. The number of furan rings is 1. The van der Waals surface area contributed by atoms with Crippen LogP contribution in [0.5, 0.6) is 0 Å². The molecule has 0 unspecified atom stereocenters. The van der Waals surface area contributed by atoms with E-state index in [1.807, 2.05) is 24.3 Å². The smallest absolute Gasteiger partial charge is 0.144 e. The highest BCUT2D eigenvalue weighted by atomic mass is 16.3. The van der Waals surface area contributed by atoms with Crippen LogP contribution in [-0.2, 0) is 0 Å². The van der Waals surface area contributed by atoms with Gasteiger partial charge in [-0.3, -0.25) is 0 Å². The Labute approximate surface area is 173 Å². The molecule has 0 bridgehead atoms. The second kappa shape index (κ2) is 6.53. The van der Waals surface area contributed by atoms with Gasteiger partial charge in [0.2, 0.25) is 0 Å². The number of fused-ring (bicyclic) bond motifs is 4. The van der Waals surface area contributed by atoms with E-state index < -0.39 is 0 Å². The minimum atomic E-state index is 0.869. The van der Waals surface area contributed by atoms with Crippen molar-refractivity contribution in [3.8, 4) is 22.4 Å². The minimum absolute atomic E-state index is 0.869. The largest absolute Gasteiger partial charge is 0.455 e. The summed E-state index contributed by atoms with van der Waals surface area (Å²) in [6, 6.07) is 29.2. The normalized spacial score (nSPS) is 11.5. The Morgan fingerprint density at radius 3 is 2.40 bits per heavy atom. The van der Waals surface area contributed by atoms with Gasteiger partial charge in [0.25, 0.3) is 0 Å². The Bertz CT molecular complexity index is 1550. The lowest BCUT2D eigenvalue weighted by Crippen LogP contribution is -1.91. The molecule has 0 aliphatic rings. The highest BCUT2D eigenvalue weighted by Crippen LogP contribution is 2.38. The number of benzene rings is 4. The van der Waals surface area contributed by atoms with Gasteiger partial charge in [0.1, 0.15) is 17.5 Å². The van der Waals surface area contributed by atoms with Gasteiger partial charge in [-0.25, -0.2) is 9.97 Å². The second-order valence-electron chi connectivity index (χ2n) is 7.61. The third-order valence-electron chi connectivity index (χ3n) is 5.62. The Kier molecular flexibility index (Phi) is 3.68. The summed E-state index contributed by atoms with van der Waals surface area (Å²) in [6.07, 6.45) is 1.64. The van der Waals surface area contributed by atoms with Crippen molar-refractivity contribution < 1.29 is 4.42 Å². The summed E-state index contributed by atoms with van der Waals surface area (Å²) in [5.41, 5.74) is 8.08. The molecule has 0 saturated carbocycles. The minimum Gasteiger partial charge on any atom is -0.455 e. The molecule has 30 heavy (non-hydrogen) atoms. The summed E-state index contributed by atoms with van der Waals surface area (Å²) in [6.45, 7) is 2.11. The zero-order chi connectivity index (χ0) is 20.1. The van der Waals surface area contributed by atoms with E-state index in [1.165, 1.54) is 11.1 Å². The SMILES string of the molecule is Cc1cc(-c2ncnc3cc(-c4ccccc4)ccc23)c2oc3ccccc3c2c1. The third-order valence-corrected chi connectivity index (χ3v) is 5.62. The fraction of sp³-hybridized carbons (Fsp3) is 0.0370. The van der Waals surface area contributed by atoms with Gasteiger partial charge < -0.3 is 4.42 Å². The third kappa shape index (κ3) is 2.60. The molecule has 0 fully saturated rings. The molecule has 0 aliphatic carbocycles. The van der Waals surface area contributed by atoms with Gasteiger partial charge in [-0.1, -0.05) is 54.6 Å². The fourth-order valence-corrected chi connectivity index (χ4v) is 4.23. The van der Waals surface area contributed by atoms with Crippen molar-refractivity contribution in [3.05, 3.63) is 96.8 Å². The van der Waals surface area contributed by atoms with Crippen LogP contribution < -0.4 is 0 Å². The Hall–Kier alpha value is -3.98. The Morgan fingerprint density at radius 2 is 1.50 bits per heavy atom. The van der Waals surface area contributed by atoms with Crippen LogP contribution >= 0.6 is 0 Å². The first-order chi connectivity index (χ1) is 14.8. The summed E-state index contributed by atoms with van der Waals surface area (Å²) < 4.78 is 6.27. The average molecular weight is 386 g/mol. The van der Waals surface area contributed by atoms with E-state index in [9.17, 15) is 0 Å². The number of para-hydroxylation sites is 1. The molecule has 0 saturated heterocycles. The molecular formula is C27H18N2O. The van der Waals surface area contributed by atoms with Gasteiger partial charge in [-0.05, 0) is 53.9 Å². The molecule has 0 N–H and O–H groups in total. The molecule has 0 atom stereocenters. The van der Waals surface area contributed by atoms with E-state index in [2.05, 4.69) is 77.6 Å². The predicted molar refractivity (Wildman–Crippen MR) is 122 cm³/mol. The maximum Gasteiger partial charge on any atom is 0.144 e. The van der Waals surface area contributed by atoms with E-state index >= 15 is 0 Å². The van der Waals surface area contributed by atoms with Crippen LogP contribution in [0.1, 0.15) is 5.56 Å². The molecule has 6 aromatic rings. The molecule has 142 valence electrons. The molecule has 0 radical (unpaired) electrons. The van der Waals surface area contributed by atoms with Crippen LogP contribution in [0.15, 0.2) is 95.7 Å². The molecule has 0 aliphatic heterocycles. The Morgan fingerprint density at radius 1 is 0.667 bits per heavy atom. The van der Waals surface area contributed by atoms with Crippen LogP contribution in [0.25, 0.3) is 55.2 Å². The van der Waals surface area contributed by atoms with Crippen molar-refractivity contribution >= 4 is 32.8 Å². The standard InChI is InChI=1S/C27H18N2O/c1-17-13-22-20-9-5-6-10-25(20)30-27(22)23(14-17)26-21-12-11-19(15-24(21)28-16-29-26)18-7-3-2-4-8-18/h2-16H,1H3. The topological polar surface area (TPSA) is 38.9 Å². The average Bonchev–Trinajstić information content (AvgIpc) is 3.17. The molecular weight excluding hydrogens is 368 g/mol. The van der Waals surface area contributed by atoms with E-state index in [0.29, 0.717) is 0 Å². The number of rotatable bonds is 2. The van der Waals surface area contributed by atoms with Gasteiger partial charge in [0.15, 0.2) is 0 Å². The number of aromatic nitrogens is 2. The fourth-order valence-electron chi connectivity index (χ4n) is 4.23. The first-order valence-electron chi connectivity index (χ1n) is 10.0. The van der Waals surface area contributed by atoms with Gasteiger partial charge in [-0.2, -0.15) is 0 Å². The van der Waals surface area contributed by atoms with E-state index in [-0.39, 0.29) is 0 Å². The summed E-state index contributed by atoms with van der Waals surface area (Å²) in [4.78, 5) is 9.23. The van der Waals surface area contributed by atoms with Crippen molar-refractivity contribution in [1.29, 1.82) is 0 Å². The van der Waals surface area contributed by atoms with Crippen molar-refractivity contribution in [1.82, 2.24) is 9.97 Å². The predicted octanol–water partition coefficient (Wildman–Crippen LogP) is 7.17. The lowest BCUT2D eigenvalue weighted by molar-refractivity contribution is 0.670. The molecule has 3 nitrogen and oxygen atoms in total. The van der Waals surface area contributed by atoms with Gasteiger partial charge >= 0.3 is 0 Å². The maximum absolute atomic E-state index is 6.27. The zero-order valence-electron chi connectivity index (χ0n) is 16.5. The van der Waals surface area contributed by atoms with E-state index in [4.69, 9.17) is 4.42 Å². The van der Waals surface area contributed by atoms with Crippen LogP contribution in [0, 0.1) is 6.92 Å².